The first-order valence-electron chi connectivity index (χ1n) is 10.2. The van der Waals surface area contributed by atoms with Crippen LogP contribution in [0.1, 0.15) is 35.0 Å². The fourth-order valence-corrected chi connectivity index (χ4v) is 3.98. The minimum atomic E-state index is 0.109. The molecule has 1 saturated heterocycles. The normalized spacial score (nSPS) is 14.7. The van der Waals surface area contributed by atoms with Gasteiger partial charge in [0.05, 0.1) is 11.0 Å². The number of carbonyl (C=O) groups is 1. The second-order valence-electron chi connectivity index (χ2n) is 7.81. The van der Waals surface area contributed by atoms with Gasteiger partial charge in [-0.25, -0.2) is 9.78 Å². The van der Waals surface area contributed by atoms with Crippen molar-refractivity contribution < 1.29 is 4.79 Å². The quantitative estimate of drug-likeness (QED) is 0.635. The average Bonchev–Trinajstić information content (AvgIpc) is 3.26. The Morgan fingerprint density at radius 1 is 1.00 bits per heavy atom. The first-order chi connectivity index (χ1) is 14.0. The zero-order valence-corrected chi connectivity index (χ0v) is 17.6. The molecule has 3 aromatic rings. The number of imidazole rings is 1. The van der Waals surface area contributed by atoms with E-state index in [4.69, 9.17) is 4.98 Å². The van der Waals surface area contributed by atoms with Crippen molar-refractivity contribution in [1.82, 2.24) is 19.4 Å². The van der Waals surface area contributed by atoms with Crippen LogP contribution in [0.3, 0.4) is 0 Å². The Morgan fingerprint density at radius 2 is 1.72 bits per heavy atom. The minimum absolute atomic E-state index is 0.109. The number of fused-ring (bicyclic) bond motifs is 1. The number of aryl methyl sites for hydroxylation is 3. The molecule has 150 valence electrons. The molecular weight excluding hydrogens is 360 g/mol. The number of aromatic nitrogens is 2. The third-order valence-corrected chi connectivity index (χ3v) is 5.72. The maximum atomic E-state index is 12.0. The van der Waals surface area contributed by atoms with E-state index in [9.17, 15) is 4.79 Å². The summed E-state index contributed by atoms with van der Waals surface area (Å²) in [4.78, 5) is 20.6. The molecule has 2 amide bonds. The van der Waals surface area contributed by atoms with E-state index in [1.807, 2.05) is 11.9 Å². The Balaban J connectivity index is 1.54. The third kappa shape index (κ3) is 3.65. The van der Waals surface area contributed by atoms with Gasteiger partial charge in [0.15, 0.2) is 0 Å². The van der Waals surface area contributed by atoms with Crippen LogP contribution >= 0.6 is 0 Å². The Kier molecular flexibility index (Phi) is 5.14. The molecule has 29 heavy (non-hydrogen) atoms. The van der Waals surface area contributed by atoms with E-state index < -0.39 is 0 Å². The highest BCUT2D eigenvalue weighted by molar-refractivity contribution is 5.85. The second kappa shape index (κ2) is 7.74. The topological polar surface area (TPSA) is 41.4 Å². The molecule has 1 aliphatic heterocycles. The highest BCUT2D eigenvalue weighted by Gasteiger charge is 2.24. The molecule has 0 bridgehead atoms. The van der Waals surface area contributed by atoms with Gasteiger partial charge in [-0.3, -0.25) is 0 Å². The van der Waals surface area contributed by atoms with E-state index in [-0.39, 0.29) is 6.03 Å². The van der Waals surface area contributed by atoms with Gasteiger partial charge in [0.1, 0.15) is 5.82 Å². The summed E-state index contributed by atoms with van der Waals surface area (Å²) in [5, 5.41) is 0. The van der Waals surface area contributed by atoms with Gasteiger partial charge in [0.2, 0.25) is 0 Å². The lowest BCUT2D eigenvalue weighted by Crippen LogP contribution is -2.28. The molecule has 0 radical (unpaired) electrons. The van der Waals surface area contributed by atoms with Crippen molar-refractivity contribution >= 4 is 29.2 Å². The van der Waals surface area contributed by atoms with E-state index in [1.54, 1.807) is 4.90 Å². The van der Waals surface area contributed by atoms with Crippen molar-refractivity contribution in [2.75, 3.05) is 20.1 Å². The van der Waals surface area contributed by atoms with Crippen molar-refractivity contribution in [3.63, 3.8) is 0 Å². The summed E-state index contributed by atoms with van der Waals surface area (Å²) in [5.41, 5.74) is 7.05. The Hall–Kier alpha value is -3.08. The molecule has 1 aliphatic rings. The lowest BCUT2D eigenvalue weighted by atomic mass is 10.1. The number of hydrogen-bond acceptors (Lipinski definition) is 2. The van der Waals surface area contributed by atoms with Gasteiger partial charge < -0.3 is 14.4 Å². The summed E-state index contributed by atoms with van der Waals surface area (Å²) >= 11 is 0. The smallest absolute Gasteiger partial charge is 0.320 e. The average molecular weight is 389 g/mol. The molecule has 0 N–H and O–H groups in total. The monoisotopic (exact) mass is 388 g/mol. The van der Waals surface area contributed by atoms with Crippen molar-refractivity contribution in [3.8, 4) is 0 Å². The third-order valence-electron chi connectivity index (χ3n) is 5.72. The molecule has 5 heteroatoms. The molecule has 1 fully saturated rings. The summed E-state index contributed by atoms with van der Waals surface area (Å²) in [6, 6.07) is 12.8. The molecule has 5 nitrogen and oxygen atoms in total. The summed E-state index contributed by atoms with van der Waals surface area (Å²) in [7, 11) is 1.85. The number of rotatable bonds is 5. The van der Waals surface area contributed by atoms with Crippen LogP contribution in [0.25, 0.3) is 23.2 Å². The molecule has 2 aromatic carbocycles. The van der Waals surface area contributed by atoms with Gasteiger partial charge in [-0.1, -0.05) is 42.5 Å². The predicted octanol–water partition coefficient (Wildman–Crippen LogP) is 4.71. The molecule has 0 aliphatic carbocycles. The van der Waals surface area contributed by atoms with Crippen LogP contribution in [0.4, 0.5) is 4.79 Å². The van der Waals surface area contributed by atoms with Crippen LogP contribution in [0.5, 0.6) is 0 Å². The van der Waals surface area contributed by atoms with Gasteiger partial charge in [-0.05, 0) is 49.1 Å². The number of likely N-dealkylation sites (N-methyl/N-ethyl adjacent to an activating group) is 1. The van der Waals surface area contributed by atoms with Crippen LogP contribution < -0.4 is 0 Å². The van der Waals surface area contributed by atoms with Gasteiger partial charge >= 0.3 is 6.03 Å². The fraction of sp³-hybridized carbons (Fsp3) is 0.333. The van der Waals surface area contributed by atoms with Crippen LogP contribution in [0, 0.1) is 13.8 Å². The molecular formula is C24H28N4O. The first kappa shape index (κ1) is 19.2. The highest BCUT2D eigenvalue weighted by Crippen LogP contribution is 2.24. The Morgan fingerprint density at radius 3 is 2.38 bits per heavy atom. The summed E-state index contributed by atoms with van der Waals surface area (Å²) in [5.74, 6) is 0.981. The number of amides is 2. The van der Waals surface area contributed by atoms with E-state index >= 15 is 0 Å². The van der Waals surface area contributed by atoms with Gasteiger partial charge in [-0.15, -0.1) is 0 Å². The lowest BCUT2D eigenvalue weighted by Gasteiger charge is -2.15. The largest absolute Gasteiger partial charge is 0.326 e. The minimum Gasteiger partial charge on any atom is -0.326 e. The zero-order valence-electron chi connectivity index (χ0n) is 17.6. The summed E-state index contributed by atoms with van der Waals surface area (Å²) in [6.45, 7) is 9.57. The lowest BCUT2D eigenvalue weighted by molar-refractivity contribution is 0.197. The summed E-state index contributed by atoms with van der Waals surface area (Å²) < 4.78 is 2.28. The molecule has 4 rings (SSSR count). The maximum Gasteiger partial charge on any atom is 0.320 e. The zero-order chi connectivity index (χ0) is 20.5. The van der Waals surface area contributed by atoms with Crippen LogP contribution in [-0.2, 0) is 13.1 Å². The number of urea groups is 1. The standard InChI is InChI=1S/C24H28N4O/c1-5-28-21(25-22-17(2)6-7-18(3)23(22)28)13-12-19-8-10-20(11-9-19)16-27-15-14-26(4)24(27)29/h6-13H,5,14-16H2,1-4H3/b13-12+. The number of hydrogen-bond donors (Lipinski definition) is 0. The first-order valence-corrected chi connectivity index (χ1v) is 10.2. The van der Waals surface area contributed by atoms with Crippen LogP contribution in [-0.4, -0.2) is 45.5 Å². The highest BCUT2D eigenvalue weighted by atomic mass is 16.2. The fourth-order valence-electron chi connectivity index (χ4n) is 3.98. The Labute approximate surface area is 172 Å². The van der Waals surface area contributed by atoms with E-state index in [1.165, 1.54) is 16.6 Å². The van der Waals surface area contributed by atoms with Crippen molar-refractivity contribution in [2.45, 2.75) is 33.9 Å². The number of nitrogens with zero attached hydrogens (tertiary/aromatic N) is 4. The number of carbonyl (C=O) groups excluding carboxylic acids is 1. The van der Waals surface area contributed by atoms with Crippen molar-refractivity contribution in [1.29, 1.82) is 0 Å². The van der Waals surface area contributed by atoms with Crippen molar-refractivity contribution in [2.24, 2.45) is 0 Å². The van der Waals surface area contributed by atoms with Gasteiger partial charge in [0.25, 0.3) is 0 Å². The molecule has 0 unspecified atom stereocenters. The molecule has 1 aromatic heterocycles. The van der Waals surface area contributed by atoms with E-state index in [0.29, 0.717) is 6.54 Å². The van der Waals surface area contributed by atoms with Crippen LogP contribution in [0.15, 0.2) is 36.4 Å². The predicted molar refractivity (Wildman–Crippen MR) is 119 cm³/mol. The second-order valence-corrected chi connectivity index (χ2v) is 7.81. The van der Waals surface area contributed by atoms with Gasteiger partial charge in [-0.2, -0.15) is 0 Å². The summed E-state index contributed by atoms with van der Waals surface area (Å²) in [6.07, 6.45) is 4.20. The van der Waals surface area contributed by atoms with E-state index in [0.717, 1.165) is 42.1 Å². The number of benzene rings is 2. The van der Waals surface area contributed by atoms with Crippen molar-refractivity contribution in [3.05, 3.63) is 64.5 Å². The molecule has 0 saturated carbocycles. The molecule has 0 atom stereocenters. The molecule has 0 spiro atoms. The SMILES string of the molecule is CCn1c(/C=C/c2ccc(CN3CCN(C)C3=O)cc2)nc2c(C)ccc(C)c21. The van der Waals surface area contributed by atoms with E-state index in [2.05, 4.69) is 73.9 Å². The van der Waals surface area contributed by atoms with Gasteiger partial charge in [0, 0.05) is 33.2 Å². The molecule has 2 heterocycles. The maximum absolute atomic E-state index is 12.0. The Bertz CT molecular complexity index is 1080. The van der Waals surface area contributed by atoms with Crippen LogP contribution in [0.2, 0.25) is 0 Å².